The number of thioether (sulfide) groups is 1. The Bertz CT molecular complexity index is 463. The van der Waals surface area contributed by atoms with Crippen molar-refractivity contribution in [3.05, 3.63) is 34.9 Å². The van der Waals surface area contributed by atoms with Crippen molar-refractivity contribution in [2.45, 2.75) is 31.6 Å². The van der Waals surface area contributed by atoms with Crippen LogP contribution >= 0.6 is 23.4 Å². The Morgan fingerprint density at radius 1 is 1.43 bits per heavy atom. The summed E-state index contributed by atoms with van der Waals surface area (Å²) in [6.45, 7) is 5.55. The first kappa shape index (κ1) is 16.7. The molecule has 2 rings (SSSR count). The van der Waals surface area contributed by atoms with Gasteiger partial charge in [0.15, 0.2) is 0 Å². The molecular formula is C16H23ClN2OS. The van der Waals surface area contributed by atoms with Crippen LogP contribution in [0, 0.1) is 0 Å². The zero-order chi connectivity index (χ0) is 15.1. The van der Waals surface area contributed by atoms with Gasteiger partial charge in [-0.2, -0.15) is 0 Å². The number of nitrogens with one attached hydrogen (secondary N) is 1. The van der Waals surface area contributed by atoms with Crippen LogP contribution in [0.1, 0.15) is 25.3 Å². The largest absolute Gasteiger partial charge is 0.338 e. The molecule has 5 heteroatoms. The fourth-order valence-corrected chi connectivity index (χ4v) is 3.82. The third-order valence-electron chi connectivity index (χ3n) is 3.73. The number of nitrogens with zero attached hydrogens (tertiary/aromatic N) is 1. The molecule has 0 saturated carbocycles. The van der Waals surface area contributed by atoms with Crippen molar-refractivity contribution in [2.75, 3.05) is 25.4 Å². The highest BCUT2D eigenvalue weighted by Gasteiger charge is 2.18. The molecule has 1 aliphatic rings. The molecule has 3 nitrogen and oxygen atoms in total. The lowest BCUT2D eigenvalue weighted by Gasteiger charge is -2.25. The Morgan fingerprint density at radius 3 is 2.86 bits per heavy atom. The van der Waals surface area contributed by atoms with Gasteiger partial charge >= 0.3 is 0 Å². The first-order valence-corrected chi connectivity index (χ1v) is 8.96. The average Bonchev–Trinajstić information content (AvgIpc) is 2.51. The minimum Gasteiger partial charge on any atom is -0.338 e. The van der Waals surface area contributed by atoms with Gasteiger partial charge < -0.3 is 10.2 Å². The monoisotopic (exact) mass is 326 g/mol. The lowest BCUT2D eigenvalue weighted by Crippen LogP contribution is -2.34. The Labute approximate surface area is 136 Å². The summed E-state index contributed by atoms with van der Waals surface area (Å²) < 4.78 is 0. The number of hydrogen-bond acceptors (Lipinski definition) is 3. The molecular weight excluding hydrogens is 304 g/mol. The van der Waals surface area contributed by atoms with E-state index in [1.165, 1.54) is 12.8 Å². The predicted molar refractivity (Wildman–Crippen MR) is 90.9 cm³/mol. The highest BCUT2D eigenvalue weighted by Crippen LogP contribution is 2.21. The van der Waals surface area contributed by atoms with Crippen molar-refractivity contribution < 1.29 is 4.79 Å². The Kier molecular flexibility index (Phi) is 6.87. The van der Waals surface area contributed by atoms with Crippen LogP contribution in [0.3, 0.4) is 0 Å². The molecule has 1 amide bonds. The molecule has 0 aliphatic carbocycles. The minimum atomic E-state index is 0.223. The second kappa shape index (κ2) is 8.66. The standard InChI is InChI=1S/C16H23ClN2OS/c1-2-19(11-13-4-3-5-14(17)10-13)16(20)12-21-15-6-8-18-9-7-15/h3-5,10,15,18H,2,6-9,11-12H2,1H3. The summed E-state index contributed by atoms with van der Waals surface area (Å²) in [4.78, 5) is 14.3. The summed E-state index contributed by atoms with van der Waals surface area (Å²) in [6, 6.07) is 7.73. The summed E-state index contributed by atoms with van der Waals surface area (Å²) >= 11 is 7.81. The average molecular weight is 327 g/mol. The lowest BCUT2D eigenvalue weighted by molar-refractivity contribution is -0.128. The molecule has 116 valence electrons. The minimum absolute atomic E-state index is 0.223. The first-order chi connectivity index (χ1) is 10.2. The Hall–Kier alpha value is -0.710. The van der Waals surface area contributed by atoms with E-state index in [2.05, 4.69) is 5.32 Å². The van der Waals surface area contributed by atoms with Gasteiger partial charge in [0.25, 0.3) is 0 Å². The highest BCUT2D eigenvalue weighted by atomic mass is 35.5. The SMILES string of the molecule is CCN(Cc1cccc(Cl)c1)C(=O)CSC1CCNCC1. The van der Waals surface area contributed by atoms with Gasteiger partial charge in [-0.1, -0.05) is 23.7 Å². The van der Waals surface area contributed by atoms with E-state index in [-0.39, 0.29) is 5.91 Å². The van der Waals surface area contributed by atoms with E-state index in [1.54, 1.807) is 11.8 Å². The van der Waals surface area contributed by atoms with Crippen LogP contribution in [0.15, 0.2) is 24.3 Å². The van der Waals surface area contributed by atoms with E-state index in [4.69, 9.17) is 11.6 Å². The van der Waals surface area contributed by atoms with Gasteiger partial charge in [0, 0.05) is 23.4 Å². The van der Waals surface area contributed by atoms with Crippen LogP contribution in [0.2, 0.25) is 5.02 Å². The van der Waals surface area contributed by atoms with Crippen LogP contribution in [-0.4, -0.2) is 41.4 Å². The van der Waals surface area contributed by atoms with E-state index in [0.29, 0.717) is 17.5 Å². The molecule has 21 heavy (non-hydrogen) atoms. The van der Waals surface area contributed by atoms with E-state index in [9.17, 15) is 4.79 Å². The zero-order valence-electron chi connectivity index (χ0n) is 12.5. The molecule has 0 bridgehead atoms. The van der Waals surface area contributed by atoms with Crippen molar-refractivity contribution in [1.29, 1.82) is 0 Å². The topological polar surface area (TPSA) is 32.3 Å². The third kappa shape index (κ3) is 5.53. The molecule has 1 aromatic carbocycles. The summed E-state index contributed by atoms with van der Waals surface area (Å²) in [7, 11) is 0. The maximum atomic E-state index is 12.4. The molecule has 0 spiro atoms. The van der Waals surface area contributed by atoms with E-state index in [1.807, 2.05) is 36.1 Å². The zero-order valence-corrected chi connectivity index (χ0v) is 14.1. The first-order valence-electron chi connectivity index (χ1n) is 7.53. The van der Waals surface area contributed by atoms with Crippen LogP contribution < -0.4 is 5.32 Å². The number of hydrogen-bond donors (Lipinski definition) is 1. The maximum absolute atomic E-state index is 12.4. The molecule has 0 unspecified atom stereocenters. The molecule has 1 saturated heterocycles. The predicted octanol–water partition coefficient (Wildman–Crippen LogP) is 3.17. The molecule has 0 aromatic heterocycles. The van der Waals surface area contributed by atoms with Gasteiger partial charge in [-0.15, -0.1) is 11.8 Å². The van der Waals surface area contributed by atoms with Crippen LogP contribution in [-0.2, 0) is 11.3 Å². The molecule has 0 radical (unpaired) electrons. The lowest BCUT2D eigenvalue weighted by atomic mass is 10.2. The van der Waals surface area contributed by atoms with Crippen molar-refractivity contribution in [3.8, 4) is 0 Å². The Balaban J connectivity index is 1.83. The maximum Gasteiger partial charge on any atom is 0.232 e. The number of halogens is 1. The van der Waals surface area contributed by atoms with Gasteiger partial charge in [0.05, 0.1) is 5.75 Å². The van der Waals surface area contributed by atoms with Crippen molar-refractivity contribution in [1.82, 2.24) is 10.2 Å². The number of carbonyl (C=O) groups excluding carboxylic acids is 1. The van der Waals surface area contributed by atoms with E-state index >= 15 is 0 Å². The quantitative estimate of drug-likeness (QED) is 0.871. The summed E-state index contributed by atoms with van der Waals surface area (Å²) in [6.07, 6.45) is 2.33. The Morgan fingerprint density at radius 2 is 2.19 bits per heavy atom. The van der Waals surface area contributed by atoms with Crippen molar-refractivity contribution >= 4 is 29.3 Å². The number of carbonyl (C=O) groups is 1. The molecule has 1 N–H and O–H groups in total. The summed E-state index contributed by atoms with van der Waals surface area (Å²) in [5.74, 6) is 0.806. The van der Waals surface area contributed by atoms with Crippen LogP contribution in [0.4, 0.5) is 0 Å². The molecule has 1 aromatic rings. The molecule has 1 fully saturated rings. The molecule has 0 atom stereocenters. The second-order valence-corrected chi connectivity index (χ2v) is 7.02. The number of benzene rings is 1. The van der Waals surface area contributed by atoms with Gasteiger partial charge in [-0.25, -0.2) is 0 Å². The number of rotatable bonds is 6. The van der Waals surface area contributed by atoms with Crippen LogP contribution in [0.5, 0.6) is 0 Å². The normalized spacial score (nSPS) is 15.9. The summed E-state index contributed by atoms with van der Waals surface area (Å²) in [5.41, 5.74) is 1.09. The number of piperidine rings is 1. The van der Waals surface area contributed by atoms with Gasteiger partial charge in [-0.3, -0.25) is 4.79 Å². The van der Waals surface area contributed by atoms with E-state index in [0.717, 1.165) is 30.2 Å². The molecule has 1 heterocycles. The van der Waals surface area contributed by atoms with Crippen molar-refractivity contribution in [2.24, 2.45) is 0 Å². The second-order valence-electron chi connectivity index (χ2n) is 5.30. The summed E-state index contributed by atoms with van der Waals surface area (Å²) in [5, 5.41) is 4.70. The van der Waals surface area contributed by atoms with E-state index < -0.39 is 0 Å². The third-order valence-corrected chi connectivity index (χ3v) is 5.32. The van der Waals surface area contributed by atoms with Gasteiger partial charge in [-0.05, 0) is 50.6 Å². The van der Waals surface area contributed by atoms with Gasteiger partial charge in [0.2, 0.25) is 5.91 Å². The van der Waals surface area contributed by atoms with Crippen molar-refractivity contribution in [3.63, 3.8) is 0 Å². The molecule has 1 aliphatic heterocycles. The van der Waals surface area contributed by atoms with Crippen LogP contribution in [0.25, 0.3) is 0 Å². The smallest absolute Gasteiger partial charge is 0.232 e. The number of amides is 1. The fraction of sp³-hybridized carbons (Fsp3) is 0.562. The fourth-order valence-electron chi connectivity index (χ4n) is 2.47. The highest BCUT2D eigenvalue weighted by molar-refractivity contribution is 8.00. The van der Waals surface area contributed by atoms with Gasteiger partial charge in [0.1, 0.15) is 0 Å².